The molecule has 1 fully saturated rings. The first kappa shape index (κ1) is 16.8. The summed E-state index contributed by atoms with van der Waals surface area (Å²) < 4.78 is 31.1. The summed E-state index contributed by atoms with van der Waals surface area (Å²) in [5, 5.41) is 3.53. The highest BCUT2D eigenvalue weighted by atomic mass is 32.2. The van der Waals surface area contributed by atoms with E-state index in [4.69, 9.17) is 4.42 Å². The maximum atomic E-state index is 12.7. The lowest BCUT2D eigenvalue weighted by Gasteiger charge is -2.04. The van der Waals surface area contributed by atoms with Gasteiger partial charge in [0.15, 0.2) is 15.6 Å². The number of aryl methyl sites for hydroxylation is 1. The molecule has 2 heterocycles. The lowest BCUT2D eigenvalue weighted by Crippen LogP contribution is -2.25. The molecule has 6 nitrogen and oxygen atoms in total. The third-order valence-corrected chi connectivity index (χ3v) is 6.15. The highest BCUT2D eigenvalue weighted by molar-refractivity contribution is 7.90. The van der Waals surface area contributed by atoms with Crippen LogP contribution in [0, 0.1) is 6.92 Å². The Morgan fingerprint density at radius 2 is 2.12 bits per heavy atom. The molecule has 1 N–H and O–H groups in total. The normalized spacial score (nSPS) is 14.5. The zero-order valence-electron chi connectivity index (χ0n) is 14.2. The molecule has 0 bridgehead atoms. The number of benzene rings is 1. The molecule has 0 radical (unpaired) electrons. The van der Waals surface area contributed by atoms with E-state index in [2.05, 4.69) is 10.3 Å². The van der Waals surface area contributed by atoms with Crippen molar-refractivity contribution in [3.05, 3.63) is 59.6 Å². The second-order valence-corrected chi connectivity index (χ2v) is 8.57. The minimum Gasteiger partial charge on any atom is -0.451 e. The van der Waals surface area contributed by atoms with Gasteiger partial charge in [0.1, 0.15) is 5.58 Å². The smallest absolute Gasteiger partial charge is 0.287 e. The first-order chi connectivity index (χ1) is 12.4. The van der Waals surface area contributed by atoms with E-state index in [9.17, 15) is 13.2 Å². The molecule has 1 aliphatic rings. The van der Waals surface area contributed by atoms with Crippen LogP contribution in [0.5, 0.6) is 0 Å². The van der Waals surface area contributed by atoms with Gasteiger partial charge >= 0.3 is 0 Å². The maximum Gasteiger partial charge on any atom is 0.287 e. The van der Waals surface area contributed by atoms with Gasteiger partial charge in [0.25, 0.3) is 5.91 Å². The van der Waals surface area contributed by atoms with Crippen molar-refractivity contribution in [1.82, 2.24) is 10.3 Å². The van der Waals surface area contributed by atoms with Gasteiger partial charge in [-0.3, -0.25) is 9.78 Å². The number of pyridine rings is 1. The second-order valence-electron chi connectivity index (χ2n) is 6.58. The van der Waals surface area contributed by atoms with Crippen LogP contribution < -0.4 is 5.32 Å². The summed E-state index contributed by atoms with van der Waals surface area (Å²) in [6, 6.07) is 8.36. The van der Waals surface area contributed by atoms with Crippen molar-refractivity contribution < 1.29 is 17.6 Å². The summed E-state index contributed by atoms with van der Waals surface area (Å²) in [4.78, 5) is 16.4. The van der Waals surface area contributed by atoms with Crippen molar-refractivity contribution in [1.29, 1.82) is 0 Å². The van der Waals surface area contributed by atoms with Gasteiger partial charge in [0.05, 0.1) is 10.6 Å². The molecule has 7 heteroatoms. The number of fused-ring (bicyclic) bond motifs is 1. The fourth-order valence-electron chi connectivity index (χ4n) is 2.87. The third kappa shape index (κ3) is 3.22. The number of hydrogen-bond acceptors (Lipinski definition) is 5. The van der Waals surface area contributed by atoms with E-state index in [0.717, 1.165) is 12.8 Å². The quantitative estimate of drug-likeness (QED) is 0.746. The van der Waals surface area contributed by atoms with Gasteiger partial charge in [-0.15, -0.1) is 0 Å². The summed E-state index contributed by atoms with van der Waals surface area (Å²) in [7, 11) is -3.52. The molecule has 4 rings (SSSR count). The molecule has 0 spiro atoms. The van der Waals surface area contributed by atoms with E-state index in [1.807, 2.05) is 0 Å². The van der Waals surface area contributed by atoms with Crippen molar-refractivity contribution in [2.75, 3.05) is 0 Å². The molecule has 1 amide bonds. The number of hydrogen-bond donors (Lipinski definition) is 1. The van der Waals surface area contributed by atoms with E-state index in [1.54, 1.807) is 43.6 Å². The van der Waals surface area contributed by atoms with Gasteiger partial charge in [0, 0.05) is 29.4 Å². The molecule has 1 saturated carbocycles. The Balaban J connectivity index is 1.68. The zero-order chi connectivity index (χ0) is 18.3. The molecule has 0 aliphatic heterocycles. The number of rotatable bonds is 5. The van der Waals surface area contributed by atoms with Crippen molar-refractivity contribution in [2.45, 2.75) is 36.5 Å². The molecule has 1 aliphatic carbocycles. The summed E-state index contributed by atoms with van der Waals surface area (Å²) in [5.41, 5.74) is 1.78. The van der Waals surface area contributed by atoms with Crippen LogP contribution in [0.3, 0.4) is 0 Å². The van der Waals surface area contributed by atoms with Crippen LogP contribution in [0.25, 0.3) is 11.0 Å². The Bertz CT molecular complexity index is 1080. The van der Waals surface area contributed by atoms with Gasteiger partial charge in [0.2, 0.25) is 0 Å². The number of amides is 1. The number of sulfone groups is 1. The second kappa shape index (κ2) is 6.25. The minimum atomic E-state index is -3.52. The Hall–Kier alpha value is -2.67. The predicted molar refractivity (Wildman–Crippen MR) is 96.6 cm³/mol. The van der Waals surface area contributed by atoms with Crippen LogP contribution in [0.1, 0.15) is 34.5 Å². The van der Waals surface area contributed by atoms with Gasteiger partial charge in [-0.2, -0.15) is 0 Å². The van der Waals surface area contributed by atoms with E-state index in [1.165, 1.54) is 6.07 Å². The van der Waals surface area contributed by atoms with Crippen molar-refractivity contribution in [3.8, 4) is 0 Å². The zero-order valence-corrected chi connectivity index (χ0v) is 15.0. The van der Waals surface area contributed by atoms with E-state index >= 15 is 0 Å². The summed E-state index contributed by atoms with van der Waals surface area (Å²) in [6.07, 6.45) is 5.12. The van der Waals surface area contributed by atoms with Crippen LogP contribution in [-0.2, 0) is 15.6 Å². The van der Waals surface area contributed by atoms with Gasteiger partial charge in [-0.1, -0.05) is 6.07 Å². The van der Waals surface area contributed by atoms with Crippen molar-refractivity contribution in [2.24, 2.45) is 0 Å². The minimum absolute atomic E-state index is 0.127. The number of carbonyl (C=O) groups excluding carboxylic acids is 1. The van der Waals surface area contributed by atoms with Crippen molar-refractivity contribution in [3.63, 3.8) is 0 Å². The fraction of sp³-hybridized carbons (Fsp3) is 0.263. The summed E-state index contributed by atoms with van der Waals surface area (Å²) in [5.74, 6) is -0.132. The Kier molecular flexibility index (Phi) is 4.03. The maximum absolute atomic E-state index is 12.7. The lowest BCUT2D eigenvalue weighted by atomic mass is 10.1. The molecule has 0 saturated heterocycles. The molecular formula is C19H18N2O4S. The lowest BCUT2D eigenvalue weighted by molar-refractivity contribution is 0.0924. The van der Waals surface area contributed by atoms with Crippen molar-refractivity contribution >= 4 is 26.7 Å². The number of aromatic nitrogens is 1. The first-order valence-corrected chi connectivity index (χ1v) is 10.0. The average Bonchev–Trinajstić information content (AvgIpc) is 3.37. The van der Waals surface area contributed by atoms with Crippen LogP contribution >= 0.6 is 0 Å². The van der Waals surface area contributed by atoms with Gasteiger partial charge in [-0.25, -0.2) is 8.42 Å². The first-order valence-electron chi connectivity index (χ1n) is 8.40. The predicted octanol–water partition coefficient (Wildman–Crippen LogP) is 3.00. The van der Waals surface area contributed by atoms with E-state index in [0.29, 0.717) is 22.1 Å². The molecular weight excluding hydrogens is 352 g/mol. The fourth-order valence-corrected chi connectivity index (χ4v) is 4.22. The summed E-state index contributed by atoms with van der Waals surface area (Å²) in [6.45, 7) is 1.77. The average molecular weight is 370 g/mol. The molecule has 2 aromatic heterocycles. The monoisotopic (exact) mass is 370 g/mol. The number of nitrogens with one attached hydrogen (secondary N) is 1. The standard InChI is InChI=1S/C19H18N2O4S/c1-12-16-9-15(26(23,24)11-13-3-2-8-20-10-13)6-7-17(16)25-18(12)19(22)21-14-4-5-14/h2-3,6-10,14H,4-5,11H2,1H3,(H,21,22). The third-order valence-electron chi connectivity index (χ3n) is 4.47. The number of carbonyl (C=O) groups is 1. The largest absolute Gasteiger partial charge is 0.451 e. The molecule has 26 heavy (non-hydrogen) atoms. The van der Waals surface area contributed by atoms with Crippen LogP contribution in [0.4, 0.5) is 0 Å². The number of nitrogens with zero attached hydrogens (tertiary/aromatic N) is 1. The van der Waals surface area contributed by atoms with E-state index < -0.39 is 9.84 Å². The Morgan fingerprint density at radius 1 is 1.31 bits per heavy atom. The summed E-state index contributed by atoms with van der Waals surface area (Å²) >= 11 is 0. The van der Waals surface area contributed by atoms with Crippen LogP contribution in [-0.4, -0.2) is 25.4 Å². The van der Waals surface area contributed by atoms with E-state index in [-0.39, 0.29) is 28.4 Å². The Labute approximate surface area is 151 Å². The molecule has 3 aromatic rings. The molecule has 0 atom stereocenters. The van der Waals surface area contributed by atoms with Crippen LogP contribution in [0.15, 0.2) is 52.0 Å². The Morgan fingerprint density at radius 3 is 2.81 bits per heavy atom. The van der Waals surface area contributed by atoms with Gasteiger partial charge < -0.3 is 9.73 Å². The van der Waals surface area contributed by atoms with Gasteiger partial charge in [-0.05, 0) is 49.6 Å². The number of furan rings is 1. The SMILES string of the molecule is Cc1c(C(=O)NC2CC2)oc2ccc(S(=O)(=O)Cc3cccnc3)cc12. The topological polar surface area (TPSA) is 89.3 Å². The highest BCUT2D eigenvalue weighted by Crippen LogP contribution is 2.29. The van der Waals surface area contributed by atoms with Crippen LogP contribution in [0.2, 0.25) is 0 Å². The molecule has 0 unspecified atom stereocenters. The molecule has 134 valence electrons. The highest BCUT2D eigenvalue weighted by Gasteiger charge is 2.27. The molecule has 1 aromatic carbocycles.